The first-order valence-corrected chi connectivity index (χ1v) is 8.19. The van der Waals surface area contributed by atoms with E-state index in [0.717, 1.165) is 37.2 Å². The maximum absolute atomic E-state index is 12.3. The van der Waals surface area contributed by atoms with E-state index in [1.54, 1.807) is 6.33 Å². The summed E-state index contributed by atoms with van der Waals surface area (Å²) in [6.45, 7) is 3.15. The second-order valence-corrected chi connectivity index (χ2v) is 6.22. The molecule has 122 valence electrons. The molecule has 0 spiro atoms. The second kappa shape index (κ2) is 6.58. The average molecular weight is 334 g/mol. The molecule has 1 heterocycles. The van der Waals surface area contributed by atoms with Gasteiger partial charge in [0.25, 0.3) is 0 Å². The number of halogens is 1. The topological polar surface area (TPSA) is 71.8 Å². The van der Waals surface area contributed by atoms with Crippen LogP contribution in [0.5, 0.6) is 0 Å². The van der Waals surface area contributed by atoms with Gasteiger partial charge >= 0.3 is 6.03 Å². The van der Waals surface area contributed by atoms with E-state index in [-0.39, 0.29) is 11.6 Å². The van der Waals surface area contributed by atoms with Gasteiger partial charge in [0.1, 0.15) is 6.33 Å². The van der Waals surface area contributed by atoms with Crippen molar-refractivity contribution in [1.82, 2.24) is 25.4 Å². The van der Waals surface area contributed by atoms with Crippen LogP contribution in [0.4, 0.5) is 4.79 Å². The van der Waals surface area contributed by atoms with Gasteiger partial charge in [-0.05, 0) is 43.9 Å². The van der Waals surface area contributed by atoms with Crippen molar-refractivity contribution in [3.05, 3.63) is 47.0 Å². The molecule has 2 amide bonds. The van der Waals surface area contributed by atoms with Gasteiger partial charge in [0.05, 0.1) is 12.1 Å². The molecule has 1 fully saturated rings. The first kappa shape index (κ1) is 15.8. The maximum Gasteiger partial charge on any atom is 0.315 e. The van der Waals surface area contributed by atoms with E-state index in [2.05, 4.69) is 20.8 Å². The maximum atomic E-state index is 12.3. The van der Waals surface area contributed by atoms with Crippen molar-refractivity contribution in [3.63, 3.8) is 0 Å². The summed E-state index contributed by atoms with van der Waals surface area (Å²) in [5, 5.41) is 14.6. The molecule has 3 rings (SSSR count). The number of aryl methyl sites for hydroxylation is 1. The van der Waals surface area contributed by atoms with Crippen molar-refractivity contribution in [2.75, 3.05) is 0 Å². The second-order valence-electron chi connectivity index (χ2n) is 5.78. The van der Waals surface area contributed by atoms with Crippen LogP contribution in [0.15, 0.2) is 30.6 Å². The lowest BCUT2D eigenvalue weighted by Gasteiger charge is -2.43. The van der Waals surface area contributed by atoms with E-state index < -0.39 is 0 Å². The summed E-state index contributed by atoms with van der Waals surface area (Å²) in [5.74, 6) is 0.747. The Labute approximate surface area is 140 Å². The number of amides is 2. The highest BCUT2D eigenvalue weighted by atomic mass is 35.5. The minimum atomic E-state index is -0.285. The Morgan fingerprint density at radius 3 is 2.70 bits per heavy atom. The fraction of sp³-hybridized carbons (Fsp3) is 0.438. The van der Waals surface area contributed by atoms with E-state index in [1.807, 2.05) is 35.8 Å². The molecule has 7 heteroatoms. The largest absolute Gasteiger partial charge is 0.331 e. The first-order chi connectivity index (χ1) is 11.1. The predicted octanol–water partition coefficient (Wildman–Crippen LogP) is 2.83. The van der Waals surface area contributed by atoms with E-state index >= 15 is 0 Å². The van der Waals surface area contributed by atoms with Gasteiger partial charge in [-0.1, -0.05) is 23.7 Å². The van der Waals surface area contributed by atoms with Crippen LogP contribution < -0.4 is 10.6 Å². The first-order valence-electron chi connectivity index (χ1n) is 7.82. The molecule has 1 aromatic heterocycles. The van der Waals surface area contributed by atoms with Crippen molar-refractivity contribution in [3.8, 4) is 0 Å². The highest BCUT2D eigenvalue weighted by Gasteiger charge is 2.40. The third kappa shape index (κ3) is 3.32. The SMILES string of the molecule is CCn1cnnc1CNC(=O)NC1(c2ccc(Cl)cc2)CCC1. The number of nitrogens with zero attached hydrogens (tertiary/aromatic N) is 3. The van der Waals surface area contributed by atoms with Crippen LogP contribution in [0.2, 0.25) is 5.02 Å². The third-order valence-electron chi connectivity index (χ3n) is 4.40. The molecule has 1 aromatic carbocycles. The Bertz CT molecular complexity index is 678. The van der Waals surface area contributed by atoms with Crippen molar-refractivity contribution in [2.45, 2.75) is 44.8 Å². The number of hydrogen-bond donors (Lipinski definition) is 2. The number of hydrogen-bond acceptors (Lipinski definition) is 3. The molecule has 1 aliphatic rings. The van der Waals surface area contributed by atoms with Gasteiger partial charge in [0.15, 0.2) is 5.82 Å². The van der Waals surface area contributed by atoms with Crippen LogP contribution in [0.3, 0.4) is 0 Å². The summed E-state index contributed by atoms with van der Waals surface area (Å²) in [7, 11) is 0. The number of benzene rings is 1. The Morgan fingerprint density at radius 1 is 1.35 bits per heavy atom. The Hall–Kier alpha value is -2.08. The van der Waals surface area contributed by atoms with Crippen LogP contribution in [0, 0.1) is 0 Å². The molecule has 0 aliphatic heterocycles. The number of urea groups is 1. The number of aromatic nitrogens is 3. The molecule has 2 aromatic rings. The number of rotatable bonds is 5. The van der Waals surface area contributed by atoms with Crippen LogP contribution in [-0.2, 0) is 18.6 Å². The van der Waals surface area contributed by atoms with Crippen molar-refractivity contribution >= 4 is 17.6 Å². The zero-order valence-corrected chi connectivity index (χ0v) is 13.8. The average Bonchev–Trinajstić information content (AvgIpc) is 2.97. The molecular formula is C16H20ClN5O. The van der Waals surface area contributed by atoms with Gasteiger partial charge in [-0.2, -0.15) is 0 Å². The molecule has 23 heavy (non-hydrogen) atoms. The summed E-state index contributed by atoms with van der Waals surface area (Å²) in [5.41, 5.74) is 0.813. The minimum Gasteiger partial charge on any atom is -0.331 e. The fourth-order valence-electron chi connectivity index (χ4n) is 2.89. The van der Waals surface area contributed by atoms with Crippen LogP contribution >= 0.6 is 11.6 Å². The lowest BCUT2D eigenvalue weighted by molar-refractivity contribution is 0.177. The van der Waals surface area contributed by atoms with Crippen LogP contribution in [0.1, 0.15) is 37.6 Å². The molecule has 6 nitrogen and oxygen atoms in total. The molecule has 0 saturated heterocycles. The summed E-state index contributed by atoms with van der Waals surface area (Å²) in [4.78, 5) is 12.3. The van der Waals surface area contributed by atoms with Crippen molar-refractivity contribution in [2.24, 2.45) is 0 Å². The molecule has 0 bridgehead atoms. The zero-order valence-electron chi connectivity index (χ0n) is 13.1. The van der Waals surface area contributed by atoms with E-state index in [9.17, 15) is 4.79 Å². The normalized spacial score (nSPS) is 15.7. The molecule has 1 aliphatic carbocycles. The van der Waals surface area contributed by atoms with Gasteiger partial charge < -0.3 is 15.2 Å². The lowest BCUT2D eigenvalue weighted by atomic mass is 9.72. The third-order valence-corrected chi connectivity index (χ3v) is 4.65. The molecule has 0 unspecified atom stereocenters. The monoisotopic (exact) mass is 333 g/mol. The Balaban J connectivity index is 1.63. The van der Waals surface area contributed by atoms with Crippen molar-refractivity contribution < 1.29 is 4.79 Å². The smallest absolute Gasteiger partial charge is 0.315 e. The van der Waals surface area contributed by atoms with E-state index in [1.165, 1.54) is 0 Å². The van der Waals surface area contributed by atoms with Crippen LogP contribution in [0.25, 0.3) is 0 Å². The van der Waals surface area contributed by atoms with Gasteiger partial charge in [0.2, 0.25) is 0 Å². The Morgan fingerprint density at radius 2 is 2.09 bits per heavy atom. The van der Waals surface area contributed by atoms with Crippen LogP contribution in [-0.4, -0.2) is 20.8 Å². The molecule has 2 N–H and O–H groups in total. The molecule has 0 atom stereocenters. The lowest BCUT2D eigenvalue weighted by Crippen LogP contribution is -2.53. The van der Waals surface area contributed by atoms with Gasteiger partial charge in [-0.3, -0.25) is 0 Å². The Kier molecular flexibility index (Phi) is 4.52. The van der Waals surface area contributed by atoms with Crippen molar-refractivity contribution in [1.29, 1.82) is 0 Å². The molecule has 1 saturated carbocycles. The number of carbonyl (C=O) groups excluding carboxylic acids is 1. The van der Waals surface area contributed by atoms with E-state index in [0.29, 0.717) is 11.6 Å². The zero-order chi connectivity index (χ0) is 16.3. The number of nitrogens with one attached hydrogen (secondary N) is 2. The summed E-state index contributed by atoms with van der Waals surface area (Å²) in [6.07, 6.45) is 4.64. The predicted molar refractivity (Wildman–Crippen MR) is 88.0 cm³/mol. The quantitative estimate of drug-likeness (QED) is 0.883. The van der Waals surface area contributed by atoms with Gasteiger partial charge in [-0.15, -0.1) is 10.2 Å². The number of carbonyl (C=O) groups is 1. The van der Waals surface area contributed by atoms with Gasteiger partial charge in [0, 0.05) is 11.6 Å². The summed E-state index contributed by atoms with van der Waals surface area (Å²) in [6, 6.07) is 7.50. The standard InChI is InChI=1S/C16H20ClN5O/c1-2-22-11-19-21-14(22)10-18-15(23)20-16(8-3-9-16)12-4-6-13(17)7-5-12/h4-7,11H,2-3,8-10H2,1H3,(H2,18,20,23). The summed E-state index contributed by atoms with van der Waals surface area (Å²) < 4.78 is 1.90. The summed E-state index contributed by atoms with van der Waals surface area (Å²) >= 11 is 5.95. The minimum absolute atomic E-state index is 0.190. The van der Waals surface area contributed by atoms with Gasteiger partial charge in [-0.25, -0.2) is 4.79 Å². The highest BCUT2D eigenvalue weighted by Crippen LogP contribution is 2.41. The fourth-order valence-corrected chi connectivity index (χ4v) is 3.01. The highest BCUT2D eigenvalue weighted by molar-refractivity contribution is 6.30. The molecular weight excluding hydrogens is 314 g/mol. The van der Waals surface area contributed by atoms with E-state index in [4.69, 9.17) is 11.6 Å². The molecule has 0 radical (unpaired) electrons.